The first-order chi connectivity index (χ1) is 8.53. The second kappa shape index (κ2) is 7.07. The summed E-state index contributed by atoms with van der Waals surface area (Å²) in [6, 6.07) is 5.38. The van der Waals surface area contributed by atoms with Gasteiger partial charge in [-0.3, -0.25) is 9.78 Å². The second-order valence-electron chi connectivity index (χ2n) is 3.74. The monoisotopic (exact) mass is 271 g/mol. The molecule has 100 valence electrons. The van der Waals surface area contributed by atoms with Gasteiger partial charge in [0.25, 0.3) is 0 Å². The SMILES string of the molecule is CCCS(=O)(=O)NCC(=O)NCc1ccccn1. The number of hydrogen-bond donors (Lipinski definition) is 2. The summed E-state index contributed by atoms with van der Waals surface area (Å²) in [7, 11) is -3.34. The summed E-state index contributed by atoms with van der Waals surface area (Å²) in [4.78, 5) is 15.4. The van der Waals surface area contributed by atoms with E-state index in [9.17, 15) is 13.2 Å². The molecule has 0 spiro atoms. The molecule has 0 aliphatic carbocycles. The summed E-state index contributed by atoms with van der Waals surface area (Å²) in [5.41, 5.74) is 0.724. The Balaban J connectivity index is 2.31. The van der Waals surface area contributed by atoms with Gasteiger partial charge < -0.3 is 5.32 Å². The van der Waals surface area contributed by atoms with Crippen LogP contribution in [0, 0.1) is 0 Å². The minimum absolute atomic E-state index is 0.0283. The van der Waals surface area contributed by atoms with Gasteiger partial charge in [0.05, 0.1) is 24.5 Å². The molecule has 1 amide bonds. The summed E-state index contributed by atoms with van der Waals surface area (Å²) < 4.78 is 24.8. The van der Waals surface area contributed by atoms with Gasteiger partial charge in [0, 0.05) is 6.20 Å². The molecule has 1 rings (SSSR count). The van der Waals surface area contributed by atoms with Gasteiger partial charge in [-0.25, -0.2) is 13.1 Å². The molecule has 0 unspecified atom stereocenters. The zero-order valence-electron chi connectivity index (χ0n) is 10.2. The number of pyridine rings is 1. The van der Waals surface area contributed by atoms with Gasteiger partial charge in [-0.1, -0.05) is 13.0 Å². The van der Waals surface area contributed by atoms with Crippen LogP contribution < -0.4 is 10.0 Å². The summed E-state index contributed by atoms with van der Waals surface area (Å²) >= 11 is 0. The van der Waals surface area contributed by atoms with Crippen molar-refractivity contribution >= 4 is 15.9 Å². The Hall–Kier alpha value is -1.47. The zero-order chi connectivity index (χ0) is 13.4. The topological polar surface area (TPSA) is 88.2 Å². The van der Waals surface area contributed by atoms with Gasteiger partial charge >= 0.3 is 0 Å². The van der Waals surface area contributed by atoms with Gasteiger partial charge in [0.1, 0.15) is 0 Å². The van der Waals surface area contributed by atoms with Crippen molar-refractivity contribution in [3.63, 3.8) is 0 Å². The third-order valence-corrected chi connectivity index (χ3v) is 3.65. The number of rotatable bonds is 7. The lowest BCUT2D eigenvalue weighted by molar-refractivity contribution is -0.120. The maximum absolute atomic E-state index is 11.4. The highest BCUT2D eigenvalue weighted by molar-refractivity contribution is 7.89. The number of aromatic nitrogens is 1. The van der Waals surface area contributed by atoms with E-state index in [2.05, 4.69) is 15.0 Å². The summed E-state index contributed by atoms with van der Waals surface area (Å²) in [5, 5.41) is 2.59. The Labute approximate surface area is 107 Å². The Bertz CT molecular complexity index is 474. The molecule has 0 fully saturated rings. The van der Waals surface area contributed by atoms with E-state index in [4.69, 9.17) is 0 Å². The first-order valence-corrected chi connectivity index (χ1v) is 7.32. The van der Waals surface area contributed by atoms with Crippen molar-refractivity contribution in [3.8, 4) is 0 Å². The molecule has 0 atom stereocenters. The molecule has 0 aliphatic heterocycles. The molecule has 6 nitrogen and oxygen atoms in total. The highest BCUT2D eigenvalue weighted by Crippen LogP contribution is 1.92. The van der Waals surface area contributed by atoms with Gasteiger partial charge in [0.15, 0.2) is 0 Å². The summed E-state index contributed by atoms with van der Waals surface area (Å²) in [6.07, 6.45) is 2.15. The lowest BCUT2D eigenvalue weighted by Gasteiger charge is -2.06. The number of amides is 1. The van der Waals surface area contributed by atoms with Crippen LogP contribution in [0.4, 0.5) is 0 Å². The molecule has 0 saturated heterocycles. The smallest absolute Gasteiger partial charge is 0.235 e. The fourth-order valence-corrected chi connectivity index (χ4v) is 2.30. The molecule has 0 aliphatic rings. The average Bonchev–Trinajstić information content (AvgIpc) is 2.35. The van der Waals surface area contributed by atoms with Gasteiger partial charge in [-0.15, -0.1) is 0 Å². The molecule has 1 heterocycles. The van der Waals surface area contributed by atoms with Gasteiger partial charge in [-0.05, 0) is 18.6 Å². The van der Waals surface area contributed by atoms with Crippen LogP contribution in [0.3, 0.4) is 0 Å². The van der Waals surface area contributed by atoms with Crippen LogP contribution in [-0.2, 0) is 21.4 Å². The fourth-order valence-electron chi connectivity index (χ4n) is 1.27. The predicted octanol–water partition coefficient (Wildman–Crippen LogP) is 0.0272. The van der Waals surface area contributed by atoms with Crippen molar-refractivity contribution in [2.45, 2.75) is 19.9 Å². The molecule has 1 aromatic heterocycles. The number of nitrogens with one attached hydrogen (secondary N) is 2. The molecule has 1 aromatic rings. The van der Waals surface area contributed by atoms with Crippen LogP contribution in [0.1, 0.15) is 19.0 Å². The van der Waals surface area contributed by atoms with Crippen LogP contribution >= 0.6 is 0 Å². The van der Waals surface area contributed by atoms with Crippen LogP contribution in [-0.4, -0.2) is 31.6 Å². The highest BCUT2D eigenvalue weighted by atomic mass is 32.2. The minimum Gasteiger partial charge on any atom is -0.349 e. The Morgan fingerprint density at radius 2 is 2.17 bits per heavy atom. The maximum Gasteiger partial charge on any atom is 0.235 e. The van der Waals surface area contributed by atoms with E-state index in [0.717, 1.165) is 5.69 Å². The standard InChI is InChI=1S/C11H17N3O3S/c1-2-7-18(16,17)14-9-11(15)13-8-10-5-3-4-6-12-10/h3-6,14H,2,7-9H2,1H3,(H,13,15). The molecule has 0 aromatic carbocycles. The van der Waals surface area contributed by atoms with E-state index in [1.165, 1.54) is 0 Å². The van der Waals surface area contributed by atoms with Crippen molar-refractivity contribution in [2.75, 3.05) is 12.3 Å². The molecule has 0 radical (unpaired) electrons. The van der Waals surface area contributed by atoms with Crippen LogP contribution in [0.5, 0.6) is 0 Å². The number of carbonyl (C=O) groups excluding carboxylic acids is 1. The van der Waals surface area contributed by atoms with Crippen molar-refractivity contribution < 1.29 is 13.2 Å². The van der Waals surface area contributed by atoms with E-state index in [-0.39, 0.29) is 24.7 Å². The Morgan fingerprint density at radius 3 is 2.78 bits per heavy atom. The molecule has 7 heteroatoms. The minimum atomic E-state index is -3.34. The van der Waals surface area contributed by atoms with Gasteiger partial charge in [-0.2, -0.15) is 0 Å². The number of hydrogen-bond acceptors (Lipinski definition) is 4. The highest BCUT2D eigenvalue weighted by Gasteiger charge is 2.10. The molecule has 0 bridgehead atoms. The first-order valence-electron chi connectivity index (χ1n) is 5.67. The van der Waals surface area contributed by atoms with Crippen LogP contribution in [0.25, 0.3) is 0 Å². The normalized spacial score (nSPS) is 11.2. The summed E-state index contributed by atoms with van der Waals surface area (Å²) in [5.74, 6) is -0.346. The maximum atomic E-state index is 11.4. The molecule has 2 N–H and O–H groups in total. The second-order valence-corrected chi connectivity index (χ2v) is 5.66. The van der Waals surface area contributed by atoms with E-state index in [1.54, 1.807) is 25.3 Å². The van der Waals surface area contributed by atoms with E-state index in [0.29, 0.717) is 6.42 Å². The quantitative estimate of drug-likeness (QED) is 0.732. The Morgan fingerprint density at radius 1 is 1.39 bits per heavy atom. The third-order valence-electron chi connectivity index (χ3n) is 2.12. The first kappa shape index (κ1) is 14.6. The molecule has 0 saturated carbocycles. The van der Waals surface area contributed by atoms with E-state index < -0.39 is 10.0 Å². The van der Waals surface area contributed by atoms with E-state index >= 15 is 0 Å². The largest absolute Gasteiger partial charge is 0.349 e. The molecular formula is C11H17N3O3S. The lowest BCUT2D eigenvalue weighted by atomic mass is 10.3. The Kier molecular flexibility index (Phi) is 5.73. The molecule has 18 heavy (non-hydrogen) atoms. The predicted molar refractivity (Wildman–Crippen MR) is 68.2 cm³/mol. The zero-order valence-corrected chi connectivity index (χ0v) is 11.0. The van der Waals surface area contributed by atoms with E-state index in [1.807, 2.05) is 6.07 Å². The van der Waals surface area contributed by atoms with Crippen LogP contribution in [0.2, 0.25) is 0 Å². The van der Waals surface area contributed by atoms with Crippen molar-refractivity contribution in [2.24, 2.45) is 0 Å². The van der Waals surface area contributed by atoms with Crippen molar-refractivity contribution in [3.05, 3.63) is 30.1 Å². The van der Waals surface area contributed by atoms with Crippen molar-refractivity contribution in [1.29, 1.82) is 0 Å². The average molecular weight is 271 g/mol. The van der Waals surface area contributed by atoms with Crippen molar-refractivity contribution in [1.82, 2.24) is 15.0 Å². The molecular weight excluding hydrogens is 254 g/mol. The number of sulfonamides is 1. The number of carbonyl (C=O) groups is 1. The third kappa shape index (κ3) is 5.74. The lowest BCUT2D eigenvalue weighted by Crippen LogP contribution is -2.37. The summed E-state index contributed by atoms with van der Waals surface area (Å²) in [6.45, 7) is 1.81. The number of nitrogens with zero attached hydrogens (tertiary/aromatic N) is 1. The van der Waals surface area contributed by atoms with Gasteiger partial charge in [0.2, 0.25) is 15.9 Å². The van der Waals surface area contributed by atoms with Crippen LogP contribution in [0.15, 0.2) is 24.4 Å². The fraction of sp³-hybridized carbons (Fsp3) is 0.455.